The molecule has 0 radical (unpaired) electrons. The molecule has 1 aliphatic rings. The molecule has 146 valence electrons. The number of rotatable bonds is 5. The molecular weight excluding hydrogens is 410 g/mol. The SMILES string of the molecule is CS(=O)(=O)c1ccc(S(=O)(=O)N2CCC(C(=O)Nc3nccs3)CC2)cc1. The van der Waals surface area contributed by atoms with Crippen LogP contribution >= 0.6 is 11.3 Å². The van der Waals surface area contributed by atoms with E-state index in [1.165, 1.54) is 39.9 Å². The van der Waals surface area contributed by atoms with Gasteiger partial charge in [0.05, 0.1) is 9.79 Å². The van der Waals surface area contributed by atoms with Crippen LogP contribution in [0.1, 0.15) is 12.8 Å². The highest BCUT2D eigenvalue weighted by Crippen LogP contribution is 2.26. The summed E-state index contributed by atoms with van der Waals surface area (Å²) in [6.45, 7) is 0.457. The van der Waals surface area contributed by atoms with Gasteiger partial charge in [0, 0.05) is 36.8 Å². The molecule has 11 heteroatoms. The zero-order chi connectivity index (χ0) is 19.7. The number of sulfonamides is 1. The molecule has 1 fully saturated rings. The van der Waals surface area contributed by atoms with Crippen LogP contribution in [0.4, 0.5) is 5.13 Å². The summed E-state index contributed by atoms with van der Waals surface area (Å²) in [6, 6.07) is 5.17. The van der Waals surface area contributed by atoms with Crippen molar-refractivity contribution in [3.63, 3.8) is 0 Å². The number of sulfone groups is 1. The van der Waals surface area contributed by atoms with E-state index in [4.69, 9.17) is 0 Å². The first kappa shape index (κ1) is 19.9. The molecule has 8 nitrogen and oxygen atoms in total. The maximum atomic E-state index is 12.7. The highest BCUT2D eigenvalue weighted by molar-refractivity contribution is 7.90. The Kier molecular flexibility index (Phi) is 5.65. The topological polar surface area (TPSA) is 114 Å². The molecule has 0 bridgehead atoms. The van der Waals surface area contributed by atoms with Gasteiger partial charge >= 0.3 is 0 Å². The predicted molar refractivity (Wildman–Crippen MR) is 102 cm³/mol. The van der Waals surface area contributed by atoms with Gasteiger partial charge in [-0.25, -0.2) is 21.8 Å². The fourth-order valence-electron chi connectivity index (χ4n) is 2.86. The standard InChI is InChI=1S/C16H19N3O5S3/c1-26(21,22)13-2-4-14(5-3-13)27(23,24)19-9-6-12(7-10-19)15(20)18-16-17-8-11-25-16/h2-5,8,11-12H,6-7,9-10H2,1H3,(H,17,18,20). The molecule has 0 aliphatic carbocycles. The number of hydrogen-bond acceptors (Lipinski definition) is 7. The number of aromatic nitrogens is 1. The van der Waals surface area contributed by atoms with Gasteiger partial charge in [-0.15, -0.1) is 11.3 Å². The zero-order valence-corrected chi connectivity index (χ0v) is 17.0. The summed E-state index contributed by atoms with van der Waals surface area (Å²) in [4.78, 5) is 16.4. The molecule has 2 heterocycles. The Balaban J connectivity index is 1.65. The minimum absolute atomic E-state index is 0.0422. The van der Waals surface area contributed by atoms with E-state index in [1.54, 1.807) is 11.6 Å². The van der Waals surface area contributed by atoms with Crippen LogP contribution in [-0.4, -0.2) is 51.4 Å². The second-order valence-electron chi connectivity index (χ2n) is 6.25. The van der Waals surface area contributed by atoms with Crippen molar-refractivity contribution in [2.24, 2.45) is 5.92 Å². The van der Waals surface area contributed by atoms with Crippen molar-refractivity contribution in [3.05, 3.63) is 35.8 Å². The molecule has 1 aromatic carbocycles. The lowest BCUT2D eigenvalue weighted by atomic mass is 9.97. The maximum absolute atomic E-state index is 12.7. The van der Waals surface area contributed by atoms with Gasteiger partial charge in [-0.3, -0.25) is 4.79 Å². The average molecular weight is 430 g/mol. The van der Waals surface area contributed by atoms with Gasteiger partial charge in [0.2, 0.25) is 15.9 Å². The Morgan fingerprint density at radius 1 is 1.11 bits per heavy atom. The Bertz CT molecular complexity index is 1010. The number of hydrogen-bond donors (Lipinski definition) is 1. The van der Waals surface area contributed by atoms with E-state index in [0.29, 0.717) is 18.0 Å². The lowest BCUT2D eigenvalue weighted by Crippen LogP contribution is -2.41. The van der Waals surface area contributed by atoms with Crippen LogP contribution in [0.15, 0.2) is 45.6 Å². The number of nitrogens with zero attached hydrogens (tertiary/aromatic N) is 2. The van der Waals surface area contributed by atoms with Gasteiger partial charge < -0.3 is 5.32 Å². The summed E-state index contributed by atoms with van der Waals surface area (Å²) in [7, 11) is -7.11. The first-order valence-electron chi connectivity index (χ1n) is 8.18. The highest BCUT2D eigenvalue weighted by atomic mass is 32.2. The van der Waals surface area contributed by atoms with Crippen molar-refractivity contribution in [3.8, 4) is 0 Å². The summed E-state index contributed by atoms with van der Waals surface area (Å²) in [5.41, 5.74) is 0. The molecular formula is C16H19N3O5S3. The largest absolute Gasteiger partial charge is 0.302 e. The van der Waals surface area contributed by atoms with E-state index in [0.717, 1.165) is 6.26 Å². The molecule has 2 aromatic rings. The molecule has 1 aromatic heterocycles. The fraction of sp³-hybridized carbons (Fsp3) is 0.375. The van der Waals surface area contributed by atoms with E-state index < -0.39 is 19.9 Å². The number of anilines is 1. The smallest absolute Gasteiger partial charge is 0.243 e. The van der Waals surface area contributed by atoms with E-state index in [-0.39, 0.29) is 34.7 Å². The number of benzene rings is 1. The van der Waals surface area contributed by atoms with Crippen LogP contribution in [-0.2, 0) is 24.7 Å². The van der Waals surface area contributed by atoms with E-state index in [1.807, 2.05) is 0 Å². The minimum atomic E-state index is -3.73. The summed E-state index contributed by atoms with van der Waals surface area (Å²) in [5.74, 6) is -0.424. The average Bonchev–Trinajstić information content (AvgIpc) is 3.14. The third-order valence-corrected chi connectivity index (χ3v) is 8.11. The summed E-state index contributed by atoms with van der Waals surface area (Å²) in [6.07, 6.45) is 3.50. The van der Waals surface area contributed by atoms with Gasteiger partial charge in [-0.05, 0) is 37.1 Å². The van der Waals surface area contributed by atoms with Crippen LogP contribution < -0.4 is 5.32 Å². The van der Waals surface area contributed by atoms with Crippen LogP contribution in [0.3, 0.4) is 0 Å². The fourth-order valence-corrected chi connectivity index (χ4v) is 5.49. The van der Waals surface area contributed by atoms with Crippen molar-refractivity contribution in [2.45, 2.75) is 22.6 Å². The molecule has 1 saturated heterocycles. The normalized spacial score (nSPS) is 16.9. The third kappa shape index (κ3) is 4.54. The van der Waals surface area contributed by atoms with Crippen molar-refractivity contribution < 1.29 is 21.6 Å². The number of nitrogens with one attached hydrogen (secondary N) is 1. The number of carbonyl (C=O) groups excluding carboxylic acids is 1. The van der Waals surface area contributed by atoms with Crippen molar-refractivity contribution in [2.75, 3.05) is 24.7 Å². The third-order valence-electron chi connectivity index (χ3n) is 4.38. The van der Waals surface area contributed by atoms with E-state index >= 15 is 0 Å². The van der Waals surface area contributed by atoms with Crippen molar-refractivity contribution >= 4 is 42.2 Å². The van der Waals surface area contributed by atoms with Gasteiger partial charge in [0.25, 0.3) is 0 Å². The molecule has 3 rings (SSSR count). The van der Waals surface area contributed by atoms with Crippen LogP contribution in [0, 0.1) is 5.92 Å². The second kappa shape index (κ2) is 7.66. The molecule has 1 aliphatic heterocycles. The van der Waals surface area contributed by atoms with Gasteiger partial charge in [0.15, 0.2) is 15.0 Å². The number of thiazole rings is 1. The molecule has 0 atom stereocenters. The summed E-state index contributed by atoms with van der Waals surface area (Å²) >= 11 is 1.33. The number of piperidine rings is 1. The van der Waals surface area contributed by atoms with Crippen LogP contribution in [0.5, 0.6) is 0 Å². The minimum Gasteiger partial charge on any atom is -0.302 e. The molecule has 1 N–H and O–H groups in total. The van der Waals surface area contributed by atoms with Gasteiger partial charge in [0.1, 0.15) is 0 Å². The lowest BCUT2D eigenvalue weighted by Gasteiger charge is -2.30. The second-order valence-corrected chi connectivity index (χ2v) is 11.1. The highest BCUT2D eigenvalue weighted by Gasteiger charge is 2.32. The van der Waals surface area contributed by atoms with Crippen LogP contribution in [0.25, 0.3) is 0 Å². The first-order chi connectivity index (χ1) is 12.7. The molecule has 27 heavy (non-hydrogen) atoms. The maximum Gasteiger partial charge on any atom is 0.243 e. The molecule has 0 unspecified atom stereocenters. The van der Waals surface area contributed by atoms with Gasteiger partial charge in [-0.1, -0.05) is 0 Å². The van der Waals surface area contributed by atoms with Crippen molar-refractivity contribution in [1.82, 2.24) is 9.29 Å². The Hall–Kier alpha value is -1.82. The Labute approximate surface area is 162 Å². The number of carbonyl (C=O) groups is 1. The van der Waals surface area contributed by atoms with E-state index in [2.05, 4.69) is 10.3 Å². The quantitative estimate of drug-likeness (QED) is 0.772. The Morgan fingerprint density at radius 3 is 2.22 bits per heavy atom. The number of amides is 1. The molecule has 0 saturated carbocycles. The van der Waals surface area contributed by atoms with E-state index in [9.17, 15) is 21.6 Å². The molecule has 1 amide bonds. The predicted octanol–water partition coefficient (Wildman–Crippen LogP) is 1.59. The monoisotopic (exact) mass is 429 g/mol. The Morgan fingerprint density at radius 2 is 1.70 bits per heavy atom. The van der Waals surface area contributed by atoms with Gasteiger partial charge in [-0.2, -0.15) is 4.31 Å². The van der Waals surface area contributed by atoms with Crippen LogP contribution in [0.2, 0.25) is 0 Å². The summed E-state index contributed by atoms with van der Waals surface area (Å²) in [5, 5.41) is 5.03. The lowest BCUT2D eigenvalue weighted by molar-refractivity contribution is -0.120. The zero-order valence-electron chi connectivity index (χ0n) is 14.5. The summed E-state index contributed by atoms with van der Waals surface area (Å²) < 4.78 is 49.8. The van der Waals surface area contributed by atoms with Crippen molar-refractivity contribution in [1.29, 1.82) is 0 Å². The molecule has 0 spiro atoms. The first-order valence-corrected chi connectivity index (χ1v) is 12.4.